The fraction of sp³-hybridized carbons (Fsp3) is 0.889. The van der Waals surface area contributed by atoms with Crippen LogP contribution >= 0.6 is 0 Å². The molecule has 0 aromatic rings. The Morgan fingerprint density at radius 1 is 0.760 bits per heavy atom. The predicted molar refractivity (Wildman–Crippen MR) is 98.8 cm³/mol. The largest absolute Gasteiger partial charge is 1.00 e. The van der Waals surface area contributed by atoms with E-state index in [4.69, 9.17) is 0 Å². The zero-order valence-electron chi connectivity index (χ0n) is 17.0. The molecular formula is C18H34N6Na+. The number of hydrogen-bond donors (Lipinski definition) is 1. The fourth-order valence-corrected chi connectivity index (χ4v) is 4.55. The molecule has 5 heterocycles. The minimum atomic E-state index is 0. The van der Waals surface area contributed by atoms with E-state index in [-0.39, 0.29) is 31.0 Å². The van der Waals surface area contributed by atoms with E-state index in [1.807, 2.05) is 0 Å². The molecule has 0 bridgehead atoms. The van der Waals surface area contributed by atoms with Crippen LogP contribution < -0.4 is 34.9 Å². The Labute approximate surface area is 176 Å². The summed E-state index contributed by atoms with van der Waals surface area (Å²) in [4.78, 5) is 12.0. The van der Waals surface area contributed by atoms with Crippen LogP contribution in [0.15, 0.2) is 4.99 Å². The zero-order valence-corrected chi connectivity index (χ0v) is 18.0. The second-order valence-electron chi connectivity index (χ2n) is 7.50. The summed E-state index contributed by atoms with van der Waals surface area (Å²) >= 11 is 0. The Balaban J connectivity index is 0.000000182. The van der Waals surface area contributed by atoms with Crippen molar-refractivity contribution in [2.24, 2.45) is 4.99 Å². The molecule has 2 saturated heterocycles. The van der Waals surface area contributed by atoms with E-state index in [0.717, 1.165) is 19.0 Å². The van der Waals surface area contributed by atoms with E-state index in [1.54, 1.807) is 5.96 Å². The Bertz CT molecular complexity index is 488. The second-order valence-corrected chi connectivity index (χ2v) is 7.50. The Hall–Kier alpha value is -0.460. The van der Waals surface area contributed by atoms with Crippen LogP contribution in [0.25, 0.3) is 0 Å². The van der Waals surface area contributed by atoms with Crippen LogP contribution in [0, 0.1) is 0 Å². The molecule has 136 valence electrons. The molecule has 5 rings (SSSR count). The standard InChI is InChI=1S/C11H20N3.C7H13N3.Na.H/c1-2-6-13-8-4-10-14-9-3-7-12(5-1)11(13)14;1-3-8-7-9-4-2-6-10(7)5-1;;/h1-10H2;1-6H2,(H,8,9);;/q+1;;+1;-1. The molecule has 25 heavy (non-hydrogen) atoms. The molecule has 5 aliphatic rings. The summed E-state index contributed by atoms with van der Waals surface area (Å²) in [6, 6.07) is 0. The second kappa shape index (κ2) is 9.47. The van der Waals surface area contributed by atoms with Gasteiger partial charge in [0.1, 0.15) is 0 Å². The maximum atomic E-state index is 4.38. The maximum Gasteiger partial charge on any atom is 1.00 e. The monoisotopic (exact) mass is 357 g/mol. The summed E-state index contributed by atoms with van der Waals surface area (Å²) in [5, 5.41) is 3.30. The smallest absolute Gasteiger partial charge is 1.00 e. The van der Waals surface area contributed by atoms with E-state index >= 15 is 0 Å². The molecule has 5 aliphatic heterocycles. The average molecular weight is 358 g/mol. The molecule has 0 atom stereocenters. The van der Waals surface area contributed by atoms with Crippen molar-refractivity contribution in [2.45, 2.75) is 38.5 Å². The van der Waals surface area contributed by atoms with Gasteiger partial charge in [-0.3, -0.25) is 19.4 Å². The molecule has 0 saturated carbocycles. The summed E-state index contributed by atoms with van der Waals surface area (Å²) in [5.74, 6) is 2.71. The molecular weight excluding hydrogens is 323 g/mol. The van der Waals surface area contributed by atoms with Crippen molar-refractivity contribution in [2.75, 3.05) is 65.4 Å². The molecule has 7 heteroatoms. The number of nitrogens with one attached hydrogen (secondary N) is 1. The van der Waals surface area contributed by atoms with Crippen LogP contribution in [-0.4, -0.2) is 96.6 Å². The Morgan fingerprint density at radius 3 is 2.04 bits per heavy atom. The number of nitrogens with zero attached hydrogens (tertiary/aromatic N) is 5. The summed E-state index contributed by atoms with van der Waals surface area (Å²) in [6.07, 6.45) is 7.97. The van der Waals surface area contributed by atoms with Crippen molar-refractivity contribution >= 4 is 11.9 Å². The van der Waals surface area contributed by atoms with Crippen molar-refractivity contribution in [3.8, 4) is 0 Å². The van der Waals surface area contributed by atoms with Gasteiger partial charge in [-0.05, 0) is 25.7 Å². The van der Waals surface area contributed by atoms with Gasteiger partial charge >= 0.3 is 35.5 Å². The number of fused-ring (bicyclic) bond motifs is 1. The van der Waals surface area contributed by atoms with Crippen LogP contribution in [0.2, 0.25) is 0 Å². The van der Waals surface area contributed by atoms with E-state index in [1.165, 1.54) is 90.9 Å². The topological polar surface area (TPSA) is 37.1 Å². The van der Waals surface area contributed by atoms with E-state index in [2.05, 4.69) is 29.6 Å². The summed E-state index contributed by atoms with van der Waals surface area (Å²) in [5.41, 5.74) is 0. The molecule has 1 N–H and O–H groups in total. The SMILES string of the molecule is C1CCN2CCC[N+]3=C2N(C1)CCC3.C1CN=C2NCCCN2C1.[H-].[Na+]. The first-order valence-electron chi connectivity index (χ1n) is 10.1. The van der Waals surface area contributed by atoms with Crippen molar-refractivity contribution in [1.29, 1.82) is 0 Å². The van der Waals surface area contributed by atoms with Crippen molar-refractivity contribution < 1.29 is 35.6 Å². The van der Waals surface area contributed by atoms with E-state index in [9.17, 15) is 0 Å². The van der Waals surface area contributed by atoms with Gasteiger partial charge in [-0.1, -0.05) is 0 Å². The van der Waals surface area contributed by atoms with Crippen LogP contribution in [0.5, 0.6) is 0 Å². The number of rotatable bonds is 0. The third kappa shape index (κ3) is 4.64. The van der Waals surface area contributed by atoms with Crippen LogP contribution in [-0.2, 0) is 0 Å². The summed E-state index contributed by atoms with van der Waals surface area (Å²) in [6.45, 7) is 12.3. The van der Waals surface area contributed by atoms with Crippen LogP contribution in [0.3, 0.4) is 0 Å². The van der Waals surface area contributed by atoms with Gasteiger partial charge in [0.2, 0.25) is 0 Å². The fourth-order valence-electron chi connectivity index (χ4n) is 4.55. The van der Waals surface area contributed by atoms with Gasteiger partial charge in [0.15, 0.2) is 5.96 Å². The molecule has 0 aromatic carbocycles. The van der Waals surface area contributed by atoms with Gasteiger partial charge in [0, 0.05) is 39.0 Å². The molecule has 0 aliphatic carbocycles. The first-order valence-corrected chi connectivity index (χ1v) is 10.1. The number of aliphatic imine (C=N–C) groups is 1. The van der Waals surface area contributed by atoms with E-state index in [0.29, 0.717) is 0 Å². The average Bonchev–Trinajstić information content (AvgIpc) is 2.87. The van der Waals surface area contributed by atoms with Crippen molar-refractivity contribution in [1.82, 2.24) is 20.0 Å². The molecule has 2 fully saturated rings. The Kier molecular flexibility index (Phi) is 7.31. The molecule has 0 amide bonds. The maximum absolute atomic E-state index is 4.38. The van der Waals surface area contributed by atoms with Gasteiger partial charge < -0.3 is 11.6 Å². The predicted octanol–water partition coefficient (Wildman–Crippen LogP) is -2.28. The van der Waals surface area contributed by atoms with Gasteiger partial charge in [-0.25, -0.2) is 0 Å². The summed E-state index contributed by atoms with van der Waals surface area (Å²) in [7, 11) is 0. The first kappa shape index (κ1) is 19.3. The van der Waals surface area contributed by atoms with Gasteiger partial charge in [-0.15, -0.1) is 0 Å². The third-order valence-electron chi connectivity index (χ3n) is 5.70. The molecule has 0 radical (unpaired) electrons. The minimum Gasteiger partial charge on any atom is -1.00 e. The van der Waals surface area contributed by atoms with Crippen LogP contribution in [0.4, 0.5) is 0 Å². The number of guanidine groups is 2. The van der Waals surface area contributed by atoms with Gasteiger partial charge in [0.05, 0.1) is 39.3 Å². The minimum absolute atomic E-state index is 0. The normalized spacial score (nSPS) is 25.3. The van der Waals surface area contributed by atoms with Gasteiger partial charge in [-0.2, -0.15) is 0 Å². The molecule has 0 spiro atoms. The molecule has 0 aromatic heterocycles. The Morgan fingerprint density at radius 2 is 1.36 bits per heavy atom. The number of hydrogen-bond acceptors (Lipinski definition) is 5. The quantitative estimate of drug-likeness (QED) is 0.392. The zero-order chi connectivity index (χ0) is 16.2. The third-order valence-corrected chi connectivity index (χ3v) is 5.70. The van der Waals surface area contributed by atoms with Crippen molar-refractivity contribution in [3.05, 3.63) is 0 Å². The molecule has 0 unspecified atom stereocenters. The first-order chi connectivity index (χ1) is 11.9. The van der Waals surface area contributed by atoms with E-state index < -0.39 is 0 Å². The molecule has 6 nitrogen and oxygen atoms in total. The van der Waals surface area contributed by atoms with Crippen LogP contribution in [0.1, 0.15) is 40.0 Å². The summed E-state index contributed by atoms with van der Waals surface area (Å²) < 4.78 is 2.61. The van der Waals surface area contributed by atoms with Gasteiger partial charge in [0.25, 0.3) is 0 Å². The van der Waals surface area contributed by atoms with Crippen molar-refractivity contribution in [3.63, 3.8) is 0 Å².